The SMILES string of the molecule is CC(C)(C)c1cc(-c2cc3c4c(c2)N(c2c(-c5ccccc5)cccc2-c2ccccc2)c2cc(-c5cccc6c5C(c5ccccc5)(c5ccccc5)c5ccccc5-6)ccc2B4c2cc(C(C)(C)C)ccc2N3c2c(-c3ccccc3)cccc2-c2ccccc2)cc(C(C)(C)C)c1. The lowest BCUT2D eigenvalue weighted by atomic mass is 9.33. The molecule has 3 heteroatoms. The zero-order chi connectivity index (χ0) is 68.2. The number of anilines is 6. The van der Waals surface area contributed by atoms with Crippen LogP contribution in [0.2, 0.25) is 0 Å². The second-order valence-electron chi connectivity index (χ2n) is 30.8. The summed E-state index contributed by atoms with van der Waals surface area (Å²) in [5.41, 5.74) is 35.0. The minimum absolute atomic E-state index is 0.142. The van der Waals surface area contributed by atoms with E-state index in [4.69, 9.17) is 0 Å². The van der Waals surface area contributed by atoms with Crippen LogP contribution in [0, 0.1) is 0 Å². The first kappa shape index (κ1) is 62.3. The van der Waals surface area contributed by atoms with Gasteiger partial charge in [0.05, 0.1) is 16.8 Å². The molecule has 482 valence electrons. The van der Waals surface area contributed by atoms with Crippen LogP contribution in [-0.2, 0) is 21.7 Å². The van der Waals surface area contributed by atoms with Crippen LogP contribution in [0.5, 0.6) is 0 Å². The number of hydrogen-bond donors (Lipinski definition) is 0. The van der Waals surface area contributed by atoms with E-state index >= 15 is 0 Å². The van der Waals surface area contributed by atoms with Crippen LogP contribution in [0.3, 0.4) is 0 Å². The number of para-hydroxylation sites is 2. The fourth-order valence-corrected chi connectivity index (χ4v) is 16.7. The van der Waals surface area contributed by atoms with Gasteiger partial charge in [0.2, 0.25) is 0 Å². The van der Waals surface area contributed by atoms with Gasteiger partial charge in [0.25, 0.3) is 6.71 Å². The maximum Gasteiger partial charge on any atom is 0.252 e. The topological polar surface area (TPSA) is 6.48 Å². The van der Waals surface area contributed by atoms with E-state index in [1.165, 1.54) is 83.3 Å². The summed E-state index contributed by atoms with van der Waals surface area (Å²) in [6.45, 7) is 21.1. The second kappa shape index (κ2) is 24.0. The smallest absolute Gasteiger partial charge is 0.252 e. The number of hydrogen-bond acceptors (Lipinski definition) is 2. The molecule has 0 amide bonds. The molecule has 0 atom stereocenters. The molecule has 0 N–H and O–H groups in total. The standard InChI is InChI=1S/C97H81BN2/c1-94(2,3)73-54-56-86-85(63-73)98-84-55-53-68(76-46-30-51-82-81-45-28-29-52-83(81)97(90(76)82,71-41-24-14-25-42-71)72-43-26-15-27-44-72)59-87(84)100(93-79(66-37-20-12-21-38-66)49-32-50-80(93)67-39-22-13-23-40-67)89-61-70(69-57-74(95(4,5)6)62-75(58-69)96(7,8)9)60-88(91(89)98)99(86)92-77(64-33-16-10-17-34-64)47-31-48-78(92)65-35-18-11-19-36-65/h10-63H,1-9H3. The van der Waals surface area contributed by atoms with Crippen molar-refractivity contribution in [1.82, 2.24) is 0 Å². The first-order valence-electron chi connectivity index (χ1n) is 35.6. The van der Waals surface area contributed by atoms with E-state index in [9.17, 15) is 0 Å². The number of nitrogens with zero attached hydrogens (tertiary/aromatic N) is 2. The van der Waals surface area contributed by atoms with Gasteiger partial charge in [-0.05, 0) is 151 Å². The Hall–Kier alpha value is -11.3. The monoisotopic (exact) mass is 1280 g/mol. The van der Waals surface area contributed by atoms with E-state index in [-0.39, 0.29) is 23.0 Å². The molecule has 2 heterocycles. The van der Waals surface area contributed by atoms with Gasteiger partial charge in [-0.15, -0.1) is 0 Å². The molecule has 3 aliphatic rings. The van der Waals surface area contributed by atoms with E-state index in [0.29, 0.717) is 0 Å². The summed E-state index contributed by atoms with van der Waals surface area (Å²) in [5.74, 6) is 0. The van der Waals surface area contributed by atoms with Crippen LogP contribution >= 0.6 is 0 Å². The zero-order valence-electron chi connectivity index (χ0n) is 58.6. The molecule has 0 saturated heterocycles. The lowest BCUT2D eigenvalue weighted by Gasteiger charge is -2.46. The molecule has 14 aromatic carbocycles. The molecule has 0 saturated carbocycles. The molecule has 0 spiro atoms. The van der Waals surface area contributed by atoms with E-state index in [2.05, 4.69) is 400 Å². The zero-order valence-corrected chi connectivity index (χ0v) is 58.6. The van der Waals surface area contributed by atoms with Crippen molar-refractivity contribution in [2.45, 2.75) is 84.0 Å². The van der Waals surface area contributed by atoms with Gasteiger partial charge < -0.3 is 9.80 Å². The van der Waals surface area contributed by atoms with Crippen molar-refractivity contribution >= 4 is 57.2 Å². The molecule has 0 radical (unpaired) electrons. The summed E-state index contributed by atoms with van der Waals surface area (Å²) in [5, 5.41) is 0. The molecule has 0 aromatic heterocycles. The number of benzene rings is 14. The number of fused-ring (bicyclic) bond motifs is 7. The minimum atomic E-state index is -0.644. The van der Waals surface area contributed by atoms with Crippen molar-refractivity contribution in [2.75, 3.05) is 9.80 Å². The van der Waals surface area contributed by atoms with E-state index in [1.807, 2.05) is 0 Å². The van der Waals surface area contributed by atoms with Crippen molar-refractivity contribution in [3.63, 3.8) is 0 Å². The predicted octanol–water partition coefficient (Wildman–Crippen LogP) is 24.0. The van der Waals surface area contributed by atoms with Crippen LogP contribution in [0.15, 0.2) is 328 Å². The lowest BCUT2D eigenvalue weighted by Crippen LogP contribution is -2.61. The van der Waals surface area contributed by atoms with Crippen molar-refractivity contribution in [3.8, 4) is 77.9 Å². The van der Waals surface area contributed by atoms with Crippen LogP contribution in [0.4, 0.5) is 34.1 Å². The Morgan fingerprint density at radius 3 is 1.09 bits per heavy atom. The van der Waals surface area contributed by atoms with Gasteiger partial charge in [-0.1, -0.05) is 366 Å². The normalized spacial score (nSPS) is 13.5. The molecular weight excluding hydrogens is 1200 g/mol. The maximum absolute atomic E-state index is 2.73. The average Bonchev–Trinajstić information content (AvgIpc) is 1.17. The molecule has 2 nitrogen and oxygen atoms in total. The summed E-state index contributed by atoms with van der Waals surface area (Å²) < 4.78 is 0. The molecule has 14 aromatic rings. The summed E-state index contributed by atoms with van der Waals surface area (Å²) in [6, 6.07) is 125. The Kier molecular flexibility index (Phi) is 15.0. The third kappa shape index (κ3) is 10.2. The maximum atomic E-state index is 2.73. The van der Waals surface area contributed by atoms with Gasteiger partial charge in [-0.3, -0.25) is 0 Å². The van der Waals surface area contributed by atoms with Crippen molar-refractivity contribution in [3.05, 3.63) is 367 Å². The summed E-state index contributed by atoms with van der Waals surface area (Å²) in [4.78, 5) is 5.43. The molecule has 0 unspecified atom stereocenters. The van der Waals surface area contributed by atoms with Crippen molar-refractivity contribution in [1.29, 1.82) is 0 Å². The molecule has 100 heavy (non-hydrogen) atoms. The fourth-order valence-electron chi connectivity index (χ4n) is 16.7. The van der Waals surface area contributed by atoms with Gasteiger partial charge in [0, 0.05) is 45.0 Å². The molecular formula is C97H81BN2. The van der Waals surface area contributed by atoms with Gasteiger partial charge >= 0.3 is 0 Å². The number of rotatable bonds is 10. The van der Waals surface area contributed by atoms with Crippen molar-refractivity contribution in [2.24, 2.45) is 0 Å². The highest BCUT2D eigenvalue weighted by atomic mass is 15.2. The van der Waals surface area contributed by atoms with Crippen LogP contribution < -0.4 is 26.2 Å². The Bertz CT molecular complexity index is 5280. The molecule has 17 rings (SSSR count). The van der Waals surface area contributed by atoms with Crippen LogP contribution in [0.25, 0.3) is 77.9 Å². The Morgan fingerprint density at radius 1 is 0.250 bits per heavy atom. The van der Waals surface area contributed by atoms with E-state index in [1.54, 1.807) is 0 Å². The summed E-state index contributed by atoms with van der Waals surface area (Å²) in [7, 11) is 0. The molecule has 0 bridgehead atoms. The third-order valence-corrected chi connectivity index (χ3v) is 21.6. The van der Waals surface area contributed by atoms with Crippen LogP contribution in [-0.4, -0.2) is 6.71 Å². The Morgan fingerprint density at radius 2 is 0.630 bits per heavy atom. The quantitative estimate of drug-likeness (QED) is 0.126. The summed E-state index contributed by atoms with van der Waals surface area (Å²) >= 11 is 0. The molecule has 2 aliphatic heterocycles. The first-order chi connectivity index (χ1) is 48.5. The van der Waals surface area contributed by atoms with Gasteiger partial charge in [-0.25, -0.2) is 0 Å². The van der Waals surface area contributed by atoms with E-state index < -0.39 is 5.41 Å². The van der Waals surface area contributed by atoms with Crippen molar-refractivity contribution < 1.29 is 0 Å². The largest absolute Gasteiger partial charge is 0.310 e. The highest BCUT2D eigenvalue weighted by Gasteiger charge is 2.49. The Balaban J connectivity index is 1.06. The third-order valence-electron chi connectivity index (χ3n) is 21.6. The highest BCUT2D eigenvalue weighted by Crippen LogP contribution is 2.60. The van der Waals surface area contributed by atoms with Gasteiger partial charge in [0.1, 0.15) is 0 Å². The van der Waals surface area contributed by atoms with Gasteiger partial charge in [-0.2, -0.15) is 0 Å². The fraction of sp³-hybridized carbons (Fsp3) is 0.134. The van der Waals surface area contributed by atoms with Gasteiger partial charge in [0.15, 0.2) is 0 Å². The average molecular weight is 1290 g/mol. The van der Waals surface area contributed by atoms with E-state index in [0.717, 1.165) is 84.1 Å². The second-order valence-corrected chi connectivity index (χ2v) is 30.8. The van der Waals surface area contributed by atoms with Crippen LogP contribution in [0.1, 0.15) is 101 Å². The first-order valence-corrected chi connectivity index (χ1v) is 35.6. The predicted molar refractivity (Wildman–Crippen MR) is 426 cm³/mol. The minimum Gasteiger partial charge on any atom is -0.310 e. The molecule has 1 aliphatic carbocycles. The lowest BCUT2D eigenvalue weighted by molar-refractivity contribution is 0.569. The molecule has 0 fully saturated rings. The summed E-state index contributed by atoms with van der Waals surface area (Å²) in [6.07, 6.45) is 0. The Labute approximate surface area is 591 Å². The highest BCUT2D eigenvalue weighted by molar-refractivity contribution is 7.00.